The highest BCUT2D eigenvalue weighted by atomic mass is 16.6. The maximum absolute atomic E-state index is 14.0. The minimum absolute atomic E-state index is 0.0114. The first-order valence-corrected chi connectivity index (χ1v) is 13.9. The van der Waals surface area contributed by atoms with Crippen LogP contribution < -0.4 is 11.1 Å². The molecule has 1 fully saturated rings. The van der Waals surface area contributed by atoms with Gasteiger partial charge in [0.05, 0.1) is 18.2 Å². The van der Waals surface area contributed by atoms with Crippen molar-refractivity contribution in [3.63, 3.8) is 0 Å². The van der Waals surface area contributed by atoms with Crippen LogP contribution in [0.1, 0.15) is 17.5 Å². The van der Waals surface area contributed by atoms with Crippen LogP contribution in [0.3, 0.4) is 0 Å². The fraction of sp³-hybridized carbons (Fsp3) is 0.355. The third-order valence-corrected chi connectivity index (χ3v) is 8.57. The number of nitrogens with one attached hydrogen (secondary N) is 1. The number of carbonyl (C=O) groups excluding carboxylic acids is 4. The number of carbonyl (C=O) groups is 4. The maximum Gasteiger partial charge on any atom is 0.411 e. The number of aromatic hydroxyl groups is 1. The van der Waals surface area contributed by atoms with Gasteiger partial charge in [0.15, 0.2) is 11.4 Å². The summed E-state index contributed by atoms with van der Waals surface area (Å²) in [5.41, 5.74) is 3.86. The van der Waals surface area contributed by atoms with E-state index in [1.165, 1.54) is 18.1 Å². The summed E-state index contributed by atoms with van der Waals surface area (Å²) in [6.07, 6.45) is -0.527. The Kier molecular flexibility index (Phi) is 7.97. The predicted octanol–water partition coefficient (Wildman–Crippen LogP) is 1.83. The molecule has 2 amide bonds. The largest absolute Gasteiger partial charge is 0.508 e. The van der Waals surface area contributed by atoms with Crippen LogP contribution >= 0.6 is 0 Å². The first kappa shape index (κ1) is 30.7. The van der Waals surface area contributed by atoms with Gasteiger partial charge in [-0.2, -0.15) is 0 Å². The van der Waals surface area contributed by atoms with Gasteiger partial charge < -0.3 is 35.6 Å². The number of amides is 2. The summed E-state index contributed by atoms with van der Waals surface area (Å²) in [5, 5.41) is 47.6. The minimum Gasteiger partial charge on any atom is -0.508 e. The predicted molar refractivity (Wildman–Crippen MR) is 157 cm³/mol. The van der Waals surface area contributed by atoms with Gasteiger partial charge in [0, 0.05) is 24.3 Å². The smallest absolute Gasteiger partial charge is 0.411 e. The summed E-state index contributed by atoms with van der Waals surface area (Å²) in [4.78, 5) is 52.8. The molecule has 5 rings (SSSR count). The molecule has 1 saturated carbocycles. The van der Waals surface area contributed by atoms with Crippen molar-refractivity contribution >= 4 is 35.0 Å². The number of hydrogen-bond donors (Lipinski definition) is 6. The molecule has 0 aromatic heterocycles. The van der Waals surface area contributed by atoms with Gasteiger partial charge in [-0.15, -0.1) is 0 Å². The van der Waals surface area contributed by atoms with Crippen molar-refractivity contribution in [2.45, 2.75) is 24.5 Å². The molecule has 4 atom stereocenters. The van der Waals surface area contributed by atoms with E-state index < -0.39 is 64.1 Å². The van der Waals surface area contributed by atoms with Crippen LogP contribution in [-0.2, 0) is 30.3 Å². The van der Waals surface area contributed by atoms with Crippen molar-refractivity contribution in [3.8, 4) is 16.9 Å². The Hall–Kier alpha value is -4.72. The summed E-state index contributed by atoms with van der Waals surface area (Å²) in [6, 6.07) is 8.62. The molecule has 44 heavy (non-hydrogen) atoms. The Morgan fingerprint density at radius 1 is 1.07 bits per heavy atom. The zero-order chi connectivity index (χ0) is 32.1. The molecular weight excluding hydrogens is 574 g/mol. The van der Waals surface area contributed by atoms with E-state index in [2.05, 4.69) is 5.32 Å². The Labute approximate surface area is 252 Å². The zero-order valence-corrected chi connectivity index (χ0v) is 24.3. The third kappa shape index (κ3) is 4.78. The lowest BCUT2D eigenvalue weighted by atomic mass is 9.57. The number of primary amides is 1. The molecule has 2 aromatic carbocycles. The molecule has 0 bridgehead atoms. The highest BCUT2D eigenvalue weighted by Gasteiger charge is 2.64. The van der Waals surface area contributed by atoms with Crippen molar-refractivity contribution in [1.82, 2.24) is 4.90 Å². The van der Waals surface area contributed by atoms with Crippen LogP contribution in [0, 0.1) is 11.8 Å². The van der Waals surface area contributed by atoms with Crippen LogP contribution in [0.15, 0.2) is 53.3 Å². The standard InChI is InChI=1S/C31H33N3O10/c1-34(2)24-19-13-15-12-18-17(14-4-6-16(7-5-14)33-30(41)44-11-10-43-3)8-9-20(35)22(18)25(36)21(15)27(38)31(19,42)28(39)23(26(24)37)29(32)40/h4-9,15,19,24,35-36,39,42H,10-13H2,1-3H3,(H2,32,40)(H,33,41)/t15-,19-,24-,31-/m1/s1. The average molecular weight is 608 g/mol. The molecule has 2 aromatic rings. The second-order valence-corrected chi connectivity index (χ2v) is 11.3. The molecule has 13 nitrogen and oxygen atoms in total. The van der Waals surface area contributed by atoms with E-state index in [4.69, 9.17) is 15.2 Å². The van der Waals surface area contributed by atoms with Crippen molar-refractivity contribution in [2.75, 3.05) is 39.7 Å². The van der Waals surface area contributed by atoms with Crippen LogP contribution in [0.25, 0.3) is 16.9 Å². The number of anilines is 1. The normalized spacial score (nSPS) is 24.5. The minimum atomic E-state index is -2.70. The molecule has 3 aliphatic rings. The summed E-state index contributed by atoms with van der Waals surface area (Å²) < 4.78 is 9.87. The highest BCUT2D eigenvalue weighted by Crippen LogP contribution is 2.53. The number of phenolic OH excluding ortho intramolecular Hbond substituents is 1. The van der Waals surface area contributed by atoms with Gasteiger partial charge in [-0.1, -0.05) is 18.2 Å². The second kappa shape index (κ2) is 11.4. The molecule has 0 spiro atoms. The number of nitrogens with two attached hydrogens (primary N) is 1. The number of nitrogens with zero attached hydrogens (tertiary/aromatic N) is 1. The SMILES string of the molecule is COCCOC(=O)Nc1ccc(-c2ccc(O)c3c2C[C@@H]2C[C@@H]4[C@@H](N(C)C)C(=O)C(C(N)=O)=C(O)[C@]4(O)C(=O)C2=C3O)cc1. The summed E-state index contributed by atoms with van der Waals surface area (Å²) in [5.74, 6) is -7.08. The number of benzene rings is 2. The number of Topliss-reactive ketones (excluding diaryl/α,β-unsaturated/α-hetero) is 2. The van der Waals surface area contributed by atoms with E-state index in [-0.39, 0.29) is 42.9 Å². The summed E-state index contributed by atoms with van der Waals surface area (Å²) >= 11 is 0. The summed E-state index contributed by atoms with van der Waals surface area (Å²) in [6.45, 7) is 0.346. The number of ether oxygens (including phenoxy) is 2. The highest BCUT2D eigenvalue weighted by molar-refractivity contribution is 6.24. The molecule has 0 radical (unpaired) electrons. The maximum atomic E-state index is 14.0. The number of rotatable bonds is 7. The number of methoxy groups -OCH3 is 1. The van der Waals surface area contributed by atoms with Gasteiger partial charge in [-0.3, -0.25) is 24.6 Å². The first-order valence-electron chi connectivity index (χ1n) is 13.9. The molecule has 0 heterocycles. The number of fused-ring (bicyclic) bond motifs is 3. The first-order chi connectivity index (χ1) is 20.8. The molecule has 0 unspecified atom stereocenters. The van der Waals surface area contributed by atoms with Gasteiger partial charge in [0.25, 0.3) is 5.91 Å². The van der Waals surface area contributed by atoms with Gasteiger partial charge >= 0.3 is 6.09 Å². The molecule has 3 aliphatic carbocycles. The van der Waals surface area contributed by atoms with Crippen LogP contribution in [0.5, 0.6) is 5.75 Å². The molecule has 7 N–H and O–H groups in total. The quantitative estimate of drug-likeness (QED) is 0.198. The fourth-order valence-corrected chi connectivity index (χ4v) is 6.62. The number of aliphatic hydroxyl groups excluding tert-OH is 2. The van der Waals surface area contributed by atoms with Crippen molar-refractivity contribution in [3.05, 3.63) is 64.4 Å². The van der Waals surface area contributed by atoms with Crippen molar-refractivity contribution in [1.29, 1.82) is 0 Å². The lowest BCUT2D eigenvalue weighted by Gasteiger charge is -2.50. The van der Waals surface area contributed by atoms with Gasteiger partial charge in [0.2, 0.25) is 5.78 Å². The third-order valence-electron chi connectivity index (χ3n) is 8.57. The zero-order valence-electron chi connectivity index (χ0n) is 24.3. The molecule has 232 valence electrons. The van der Waals surface area contributed by atoms with E-state index in [0.717, 1.165) is 0 Å². The van der Waals surface area contributed by atoms with E-state index in [1.807, 2.05) is 0 Å². The Balaban J connectivity index is 1.56. The van der Waals surface area contributed by atoms with Crippen molar-refractivity contribution in [2.24, 2.45) is 17.6 Å². The lowest BCUT2D eigenvalue weighted by molar-refractivity contribution is -0.153. The number of aliphatic hydroxyl groups is 3. The fourth-order valence-electron chi connectivity index (χ4n) is 6.62. The van der Waals surface area contributed by atoms with Crippen LogP contribution in [0.2, 0.25) is 0 Å². The van der Waals surface area contributed by atoms with Gasteiger partial charge in [-0.05, 0) is 67.7 Å². The second-order valence-electron chi connectivity index (χ2n) is 11.3. The van der Waals surface area contributed by atoms with Gasteiger partial charge in [0.1, 0.15) is 29.4 Å². The van der Waals surface area contributed by atoms with E-state index >= 15 is 0 Å². The van der Waals surface area contributed by atoms with E-state index in [9.17, 15) is 39.6 Å². The molecular formula is C31H33N3O10. The topological polar surface area (TPSA) is 209 Å². The Morgan fingerprint density at radius 3 is 2.36 bits per heavy atom. The van der Waals surface area contributed by atoms with Gasteiger partial charge in [-0.25, -0.2) is 4.79 Å². The summed E-state index contributed by atoms with van der Waals surface area (Å²) in [7, 11) is 4.58. The van der Waals surface area contributed by atoms with E-state index in [1.54, 1.807) is 44.4 Å². The van der Waals surface area contributed by atoms with Crippen LogP contribution in [-0.4, -0.2) is 95.0 Å². The van der Waals surface area contributed by atoms with E-state index in [0.29, 0.717) is 22.4 Å². The number of hydrogen-bond acceptors (Lipinski definition) is 11. The van der Waals surface area contributed by atoms with Crippen LogP contribution in [0.4, 0.5) is 10.5 Å². The molecule has 0 aliphatic heterocycles. The molecule has 0 saturated heterocycles. The molecule has 13 heteroatoms. The number of ketones is 2. The number of phenols is 1. The lowest BCUT2D eigenvalue weighted by Crippen LogP contribution is -2.65. The Morgan fingerprint density at radius 2 is 1.75 bits per heavy atom. The van der Waals surface area contributed by atoms with Crippen molar-refractivity contribution < 1.29 is 49.1 Å². The monoisotopic (exact) mass is 607 g/mol. The average Bonchev–Trinajstić information content (AvgIpc) is 2.95. The Bertz CT molecular complexity index is 1630. The number of likely N-dealkylation sites (N-methyl/N-ethyl adjacent to an activating group) is 1.